The van der Waals surface area contributed by atoms with Crippen molar-refractivity contribution in [1.82, 2.24) is 10.6 Å². The van der Waals surface area contributed by atoms with Gasteiger partial charge in [0.15, 0.2) is 0 Å². The van der Waals surface area contributed by atoms with Crippen LogP contribution in [0.25, 0.3) is 0 Å². The van der Waals surface area contributed by atoms with Crippen molar-refractivity contribution < 1.29 is 4.74 Å². The van der Waals surface area contributed by atoms with E-state index >= 15 is 0 Å². The molecular weight excluding hydrogens is 236 g/mol. The van der Waals surface area contributed by atoms with E-state index in [1.807, 2.05) is 6.07 Å². The van der Waals surface area contributed by atoms with Crippen LogP contribution in [-0.2, 0) is 11.3 Å². The molecule has 0 unspecified atom stereocenters. The van der Waals surface area contributed by atoms with Gasteiger partial charge in [0.1, 0.15) is 0 Å². The fourth-order valence-corrected chi connectivity index (χ4v) is 2.43. The van der Waals surface area contributed by atoms with Gasteiger partial charge in [-0.25, -0.2) is 0 Å². The monoisotopic (exact) mass is 262 g/mol. The van der Waals surface area contributed by atoms with Gasteiger partial charge in [-0.15, -0.1) is 0 Å². The molecule has 1 aromatic rings. The zero-order valence-electron chi connectivity index (χ0n) is 11.9. The Morgan fingerprint density at radius 3 is 2.58 bits per heavy atom. The molecule has 0 radical (unpaired) electrons. The summed E-state index contributed by atoms with van der Waals surface area (Å²) in [7, 11) is 0. The van der Waals surface area contributed by atoms with Crippen LogP contribution in [0.5, 0.6) is 0 Å². The van der Waals surface area contributed by atoms with Crippen molar-refractivity contribution in [3.63, 3.8) is 0 Å². The minimum absolute atomic E-state index is 0.473. The van der Waals surface area contributed by atoms with E-state index in [2.05, 4.69) is 41.8 Å². The quantitative estimate of drug-likeness (QED) is 0.669. The molecule has 3 nitrogen and oxygen atoms in total. The molecule has 0 saturated heterocycles. The largest absolute Gasteiger partial charge is 0.374 e. The van der Waals surface area contributed by atoms with Crippen LogP contribution in [0.4, 0.5) is 0 Å². The zero-order valence-corrected chi connectivity index (χ0v) is 11.9. The van der Waals surface area contributed by atoms with Crippen molar-refractivity contribution in [1.29, 1.82) is 0 Å². The molecule has 0 atom stereocenters. The van der Waals surface area contributed by atoms with Crippen molar-refractivity contribution in [2.45, 2.75) is 32.5 Å². The fraction of sp³-hybridized carbons (Fsp3) is 0.625. The number of likely N-dealkylation sites (N-methyl/N-ethyl adjacent to an activating group) is 1. The third-order valence-corrected chi connectivity index (χ3v) is 3.68. The Hall–Kier alpha value is -0.900. The summed E-state index contributed by atoms with van der Waals surface area (Å²) in [4.78, 5) is 0. The van der Waals surface area contributed by atoms with Gasteiger partial charge in [-0.3, -0.25) is 0 Å². The standard InChI is InChI=1S/C16H26N2O/c1-2-17-8-9-18-12-15-10-16(11-15)19-13-14-6-4-3-5-7-14/h3-7,15-18H,2,8-13H2,1H3. The molecule has 2 N–H and O–H groups in total. The first-order chi connectivity index (χ1) is 9.38. The molecule has 2 rings (SSSR count). The van der Waals surface area contributed by atoms with Gasteiger partial charge in [0.25, 0.3) is 0 Å². The molecule has 0 heterocycles. The van der Waals surface area contributed by atoms with Gasteiger partial charge in [-0.1, -0.05) is 37.3 Å². The van der Waals surface area contributed by atoms with Crippen LogP contribution < -0.4 is 10.6 Å². The normalized spacial score (nSPS) is 22.2. The highest BCUT2D eigenvalue weighted by Crippen LogP contribution is 2.30. The van der Waals surface area contributed by atoms with E-state index in [1.165, 1.54) is 18.4 Å². The third kappa shape index (κ3) is 5.31. The number of ether oxygens (including phenoxy) is 1. The zero-order chi connectivity index (χ0) is 13.3. The minimum atomic E-state index is 0.473. The predicted molar refractivity (Wildman–Crippen MR) is 79.2 cm³/mol. The van der Waals surface area contributed by atoms with Crippen LogP contribution in [0.1, 0.15) is 25.3 Å². The van der Waals surface area contributed by atoms with E-state index < -0.39 is 0 Å². The van der Waals surface area contributed by atoms with E-state index in [9.17, 15) is 0 Å². The Morgan fingerprint density at radius 2 is 1.84 bits per heavy atom. The highest BCUT2D eigenvalue weighted by Gasteiger charge is 2.29. The molecule has 0 aromatic heterocycles. The lowest BCUT2D eigenvalue weighted by atomic mass is 9.82. The molecule has 106 valence electrons. The van der Waals surface area contributed by atoms with Crippen LogP contribution in [-0.4, -0.2) is 32.3 Å². The van der Waals surface area contributed by atoms with Gasteiger partial charge in [0.2, 0.25) is 0 Å². The second-order valence-corrected chi connectivity index (χ2v) is 5.31. The molecule has 1 fully saturated rings. The summed E-state index contributed by atoms with van der Waals surface area (Å²) in [5.74, 6) is 0.808. The molecule has 0 spiro atoms. The van der Waals surface area contributed by atoms with E-state index in [4.69, 9.17) is 4.74 Å². The molecule has 19 heavy (non-hydrogen) atoms. The lowest BCUT2D eigenvalue weighted by Gasteiger charge is -2.35. The lowest BCUT2D eigenvalue weighted by Crippen LogP contribution is -2.39. The number of benzene rings is 1. The minimum Gasteiger partial charge on any atom is -0.374 e. The van der Waals surface area contributed by atoms with Crippen molar-refractivity contribution in [2.75, 3.05) is 26.2 Å². The van der Waals surface area contributed by atoms with Gasteiger partial charge in [0.05, 0.1) is 12.7 Å². The topological polar surface area (TPSA) is 33.3 Å². The Kier molecular flexibility index (Phi) is 6.34. The third-order valence-electron chi connectivity index (χ3n) is 3.68. The van der Waals surface area contributed by atoms with Crippen molar-refractivity contribution in [2.24, 2.45) is 5.92 Å². The molecule has 0 amide bonds. The van der Waals surface area contributed by atoms with Gasteiger partial charge < -0.3 is 15.4 Å². The van der Waals surface area contributed by atoms with Gasteiger partial charge in [0, 0.05) is 13.1 Å². The van der Waals surface area contributed by atoms with Crippen LogP contribution in [0.15, 0.2) is 30.3 Å². The highest BCUT2D eigenvalue weighted by molar-refractivity contribution is 5.13. The average molecular weight is 262 g/mol. The predicted octanol–water partition coefficient (Wildman–Crippen LogP) is 2.18. The van der Waals surface area contributed by atoms with E-state index in [-0.39, 0.29) is 0 Å². The number of nitrogens with one attached hydrogen (secondary N) is 2. The van der Waals surface area contributed by atoms with Gasteiger partial charge >= 0.3 is 0 Å². The molecule has 3 heteroatoms. The molecular formula is C16H26N2O. The molecule has 0 aliphatic heterocycles. The maximum atomic E-state index is 5.90. The number of hydrogen-bond donors (Lipinski definition) is 2. The molecule has 1 aliphatic rings. The number of rotatable bonds is 9. The van der Waals surface area contributed by atoms with Crippen LogP contribution in [0.2, 0.25) is 0 Å². The Balaban J connectivity index is 1.47. The van der Waals surface area contributed by atoms with Gasteiger partial charge in [-0.2, -0.15) is 0 Å². The van der Waals surface area contributed by atoms with Crippen molar-refractivity contribution >= 4 is 0 Å². The first kappa shape index (κ1) is 14.5. The fourth-order valence-electron chi connectivity index (χ4n) is 2.43. The molecule has 1 saturated carbocycles. The average Bonchev–Trinajstić information content (AvgIpc) is 2.41. The maximum absolute atomic E-state index is 5.90. The lowest BCUT2D eigenvalue weighted by molar-refractivity contribution is -0.0394. The second-order valence-electron chi connectivity index (χ2n) is 5.31. The van der Waals surface area contributed by atoms with Crippen LogP contribution in [0, 0.1) is 5.92 Å². The summed E-state index contributed by atoms with van der Waals surface area (Å²) >= 11 is 0. The van der Waals surface area contributed by atoms with Crippen molar-refractivity contribution in [3.05, 3.63) is 35.9 Å². The summed E-state index contributed by atoms with van der Waals surface area (Å²) < 4.78 is 5.90. The second kappa shape index (κ2) is 8.31. The summed E-state index contributed by atoms with van der Waals surface area (Å²) in [6, 6.07) is 10.4. The highest BCUT2D eigenvalue weighted by atomic mass is 16.5. The molecule has 1 aromatic carbocycles. The first-order valence-corrected chi connectivity index (χ1v) is 7.45. The summed E-state index contributed by atoms with van der Waals surface area (Å²) in [6.07, 6.45) is 2.89. The van der Waals surface area contributed by atoms with Gasteiger partial charge in [-0.05, 0) is 37.4 Å². The maximum Gasteiger partial charge on any atom is 0.0720 e. The molecule has 1 aliphatic carbocycles. The Labute approximate surface area is 116 Å². The van der Waals surface area contributed by atoms with Crippen LogP contribution >= 0.6 is 0 Å². The Morgan fingerprint density at radius 1 is 1.11 bits per heavy atom. The summed E-state index contributed by atoms with van der Waals surface area (Å²) in [5, 5.41) is 6.82. The van der Waals surface area contributed by atoms with Crippen molar-refractivity contribution in [3.8, 4) is 0 Å². The Bertz CT molecular complexity index is 336. The SMILES string of the molecule is CCNCCNCC1CC(OCc2ccccc2)C1. The summed E-state index contributed by atoms with van der Waals surface area (Å²) in [6.45, 7) is 7.22. The van der Waals surface area contributed by atoms with E-state index in [0.29, 0.717) is 6.10 Å². The number of hydrogen-bond acceptors (Lipinski definition) is 3. The van der Waals surface area contributed by atoms with E-state index in [1.54, 1.807) is 0 Å². The smallest absolute Gasteiger partial charge is 0.0720 e. The molecule has 0 bridgehead atoms. The van der Waals surface area contributed by atoms with E-state index in [0.717, 1.165) is 38.7 Å². The summed E-state index contributed by atoms with van der Waals surface area (Å²) in [5.41, 5.74) is 1.27. The first-order valence-electron chi connectivity index (χ1n) is 7.45. The van der Waals surface area contributed by atoms with Crippen LogP contribution in [0.3, 0.4) is 0 Å².